The summed E-state index contributed by atoms with van der Waals surface area (Å²) in [5.41, 5.74) is 11.9. The second-order valence-corrected chi connectivity index (χ2v) is 9.38. The minimum Gasteiger partial charge on any atom is -0.489 e. The lowest BCUT2D eigenvalue weighted by atomic mass is 9.76. The van der Waals surface area contributed by atoms with E-state index in [2.05, 4.69) is 36.4 Å². The van der Waals surface area contributed by atoms with Crippen LogP contribution in [-0.4, -0.2) is 30.4 Å². The van der Waals surface area contributed by atoms with E-state index in [9.17, 15) is 0 Å². The Morgan fingerprint density at radius 3 is 2.76 bits per heavy atom. The third-order valence-electron chi connectivity index (χ3n) is 7.31. The van der Waals surface area contributed by atoms with Crippen molar-refractivity contribution in [3.05, 3.63) is 89.0 Å². The maximum absolute atomic E-state index is 7.60. The van der Waals surface area contributed by atoms with Crippen molar-refractivity contribution < 1.29 is 9.57 Å². The van der Waals surface area contributed by atoms with Crippen molar-refractivity contribution >= 4 is 12.2 Å². The van der Waals surface area contributed by atoms with Crippen LogP contribution in [0.15, 0.2) is 71.7 Å². The van der Waals surface area contributed by atoms with Crippen LogP contribution in [0, 0.1) is 5.41 Å². The largest absolute Gasteiger partial charge is 0.489 e. The van der Waals surface area contributed by atoms with Crippen molar-refractivity contribution in [3.63, 3.8) is 0 Å². The Kier molecular flexibility index (Phi) is 4.92. The fraction of sp³-hybridized carbons (Fsp3) is 0.286. The molecule has 3 N–H and O–H groups in total. The summed E-state index contributed by atoms with van der Waals surface area (Å²) in [7, 11) is 1.80. The number of ether oxygens (including phenoxy) is 1. The molecule has 6 rings (SSSR count). The number of benzene rings is 3. The molecule has 0 bridgehead atoms. The van der Waals surface area contributed by atoms with Crippen molar-refractivity contribution in [3.8, 4) is 16.9 Å². The van der Waals surface area contributed by atoms with Crippen molar-refractivity contribution in [1.29, 1.82) is 5.41 Å². The van der Waals surface area contributed by atoms with Gasteiger partial charge in [-0.2, -0.15) is 0 Å². The number of fused-ring (bicyclic) bond motifs is 3. The topological polar surface area (TPSA) is 83.9 Å². The number of nitrogens with two attached hydrogens (primary N) is 1. The molecule has 3 aromatic rings. The molecular formula is C28H28N4O2. The van der Waals surface area contributed by atoms with Gasteiger partial charge in [0, 0.05) is 25.6 Å². The number of rotatable bonds is 3. The molecule has 0 saturated carbocycles. The van der Waals surface area contributed by atoms with Crippen molar-refractivity contribution in [2.24, 2.45) is 10.7 Å². The second-order valence-electron chi connectivity index (χ2n) is 9.38. The van der Waals surface area contributed by atoms with Gasteiger partial charge in [0.2, 0.25) is 11.7 Å². The van der Waals surface area contributed by atoms with Crippen LogP contribution in [0.4, 0.5) is 0 Å². The normalized spacial score (nSPS) is 25.3. The first-order valence-electron chi connectivity index (χ1n) is 11.8. The Morgan fingerprint density at radius 2 is 1.94 bits per heavy atom. The minimum atomic E-state index is -0.918. The lowest BCUT2D eigenvalue weighted by Crippen LogP contribution is -2.42. The molecule has 0 fully saturated rings. The fourth-order valence-corrected chi connectivity index (χ4v) is 5.66. The zero-order valence-electron chi connectivity index (χ0n) is 19.2. The number of nitrogens with zero attached hydrogens (tertiary/aromatic N) is 2. The molecule has 6 nitrogen and oxygen atoms in total. The highest BCUT2D eigenvalue weighted by molar-refractivity contribution is 5.81. The molecule has 0 radical (unpaired) electrons. The first-order valence-corrected chi connectivity index (χ1v) is 11.8. The molecule has 2 aliphatic heterocycles. The van der Waals surface area contributed by atoms with Crippen LogP contribution in [0.25, 0.3) is 11.1 Å². The minimum absolute atomic E-state index is 0.0657. The molecular weight excluding hydrogens is 424 g/mol. The Morgan fingerprint density at radius 1 is 1.09 bits per heavy atom. The first-order chi connectivity index (χ1) is 16.6. The summed E-state index contributed by atoms with van der Waals surface area (Å²) in [4.78, 5) is 11.2. The van der Waals surface area contributed by atoms with Gasteiger partial charge in [-0.15, -0.1) is 0 Å². The molecule has 0 aromatic heterocycles. The Balaban J connectivity index is 1.44. The maximum Gasteiger partial charge on any atom is 0.221 e. The third-order valence-corrected chi connectivity index (χ3v) is 7.31. The predicted octanol–water partition coefficient (Wildman–Crippen LogP) is 4.97. The summed E-state index contributed by atoms with van der Waals surface area (Å²) < 4.78 is 6.68. The average molecular weight is 453 g/mol. The lowest BCUT2D eigenvalue weighted by Gasteiger charge is -2.41. The molecule has 2 heterocycles. The van der Waals surface area contributed by atoms with E-state index in [0.717, 1.165) is 47.3 Å². The van der Waals surface area contributed by atoms with Crippen LogP contribution >= 0.6 is 0 Å². The number of aryl methyl sites for hydroxylation is 1. The first kappa shape index (κ1) is 20.9. The quantitative estimate of drug-likeness (QED) is 0.550. The van der Waals surface area contributed by atoms with Gasteiger partial charge in [0.1, 0.15) is 11.9 Å². The molecule has 1 aliphatic carbocycles. The highest BCUT2D eigenvalue weighted by Crippen LogP contribution is 2.50. The van der Waals surface area contributed by atoms with Crippen LogP contribution in [0.3, 0.4) is 0 Å². The van der Waals surface area contributed by atoms with E-state index >= 15 is 0 Å². The Labute approximate surface area is 199 Å². The number of nitrogens with one attached hydrogen (secondary N) is 1. The standard InChI is InChI=1S/C28H28N4O2/c1-32-27(30)31-28(34-32)16-26(23-11-5-8-19-7-2-3-10-22(19)23)33-25-13-12-21(15-24(25)28)20-9-4-6-18(14-20)17-29/h2-4,6-7,9-10,12-15,17,23,26,29H,5,8,11,16H2,1H3,(H2,30,31). The van der Waals surface area contributed by atoms with E-state index in [4.69, 9.17) is 25.7 Å². The Bertz CT molecular complexity index is 1300. The third kappa shape index (κ3) is 3.37. The molecule has 0 saturated heterocycles. The van der Waals surface area contributed by atoms with Gasteiger partial charge in [-0.1, -0.05) is 48.5 Å². The molecule has 3 unspecified atom stereocenters. The van der Waals surface area contributed by atoms with E-state index in [0.29, 0.717) is 12.4 Å². The molecule has 3 aromatic carbocycles. The van der Waals surface area contributed by atoms with Gasteiger partial charge in [-0.25, -0.2) is 14.9 Å². The predicted molar refractivity (Wildman–Crippen MR) is 133 cm³/mol. The summed E-state index contributed by atoms with van der Waals surface area (Å²) in [5, 5.41) is 9.16. The van der Waals surface area contributed by atoms with E-state index in [1.165, 1.54) is 17.3 Å². The molecule has 172 valence electrons. The number of hydrogen-bond donors (Lipinski definition) is 2. The Hall–Kier alpha value is -3.64. The van der Waals surface area contributed by atoms with Crippen LogP contribution < -0.4 is 10.5 Å². The maximum atomic E-state index is 7.60. The molecule has 1 spiro atoms. The van der Waals surface area contributed by atoms with Gasteiger partial charge in [-0.05, 0) is 65.3 Å². The second kappa shape index (κ2) is 7.99. The van der Waals surface area contributed by atoms with Crippen LogP contribution in [0.1, 0.15) is 47.4 Å². The molecule has 3 atom stereocenters. The van der Waals surface area contributed by atoms with Crippen LogP contribution in [0.5, 0.6) is 5.75 Å². The highest BCUT2D eigenvalue weighted by Gasteiger charge is 2.50. The monoisotopic (exact) mass is 452 g/mol. The van der Waals surface area contributed by atoms with Gasteiger partial charge >= 0.3 is 0 Å². The summed E-state index contributed by atoms with van der Waals surface area (Å²) in [6.45, 7) is 0. The van der Waals surface area contributed by atoms with Crippen LogP contribution in [0.2, 0.25) is 0 Å². The molecule has 34 heavy (non-hydrogen) atoms. The van der Waals surface area contributed by atoms with Gasteiger partial charge in [0.25, 0.3) is 0 Å². The lowest BCUT2D eigenvalue weighted by molar-refractivity contribution is -0.192. The summed E-state index contributed by atoms with van der Waals surface area (Å²) in [6, 6.07) is 22.8. The summed E-state index contributed by atoms with van der Waals surface area (Å²) in [5.74, 6) is 1.44. The smallest absolute Gasteiger partial charge is 0.221 e. The number of guanidine groups is 1. The van der Waals surface area contributed by atoms with Gasteiger partial charge in [0.15, 0.2) is 0 Å². The summed E-state index contributed by atoms with van der Waals surface area (Å²) >= 11 is 0. The van der Waals surface area contributed by atoms with E-state index in [-0.39, 0.29) is 12.0 Å². The molecule has 6 heteroatoms. The molecule has 3 aliphatic rings. The van der Waals surface area contributed by atoms with Gasteiger partial charge in [0.05, 0.1) is 5.56 Å². The van der Waals surface area contributed by atoms with E-state index in [1.807, 2.05) is 30.3 Å². The van der Waals surface area contributed by atoms with E-state index < -0.39 is 5.72 Å². The highest BCUT2D eigenvalue weighted by atomic mass is 16.7. The number of hydroxylamine groups is 2. The zero-order valence-corrected chi connectivity index (χ0v) is 19.2. The SMILES string of the molecule is CN1OC2(CC(C3CCCc4ccccc43)Oc3ccc(-c4cccc(C=N)c4)cc32)N=C1N. The van der Waals surface area contributed by atoms with Crippen LogP contribution in [-0.2, 0) is 17.0 Å². The van der Waals surface area contributed by atoms with Crippen molar-refractivity contribution in [1.82, 2.24) is 5.06 Å². The summed E-state index contributed by atoms with van der Waals surface area (Å²) in [6.07, 6.45) is 5.23. The molecule has 0 amide bonds. The van der Waals surface area contributed by atoms with Gasteiger partial charge in [-0.3, -0.25) is 0 Å². The fourth-order valence-electron chi connectivity index (χ4n) is 5.66. The van der Waals surface area contributed by atoms with Crippen molar-refractivity contribution in [2.45, 2.75) is 43.4 Å². The van der Waals surface area contributed by atoms with E-state index in [1.54, 1.807) is 12.1 Å². The number of hydrogen-bond acceptors (Lipinski definition) is 6. The zero-order chi connectivity index (χ0) is 23.3. The van der Waals surface area contributed by atoms with Crippen molar-refractivity contribution in [2.75, 3.05) is 7.05 Å². The van der Waals surface area contributed by atoms with Gasteiger partial charge < -0.3 is 15.9 Å². The average Bonchev–Trinajstić information content (AvgIpc) is 3.16. The number of aliphatic imine (C=N–C) groups is 1.